The Bertz CT molecular complexity index is 2470. The molecule has 0 aliphatic carbocycles. The molecule has 43 heavy (non-hydrogen) atoms. The molecule has 0 spiro atoms. The molecule has 0 amide bonds. The highest BCUT2D eigenvalue weighted by molar-refractivity contribution is 6.25. The molecule has 0 aliphatic heterocycles. The Hall–Kier alpha value is -5.80. The average Bonchev–Trinajstić information content (AvgIpc) is 3.47. The number of fused-ring (bicyclic) bond motifs is 9. The summed E-state index contributed by atoms with van der Waals surface area (Å²) in [5.74, 6) is 0.678. The maximum atomic E-state index is 6.30. The predicted molar refractivity (Wildman–Crippen MR) is 178 cm³/mol. The minimum absolute atomic E-state index is 0.678. The molecule has 0 bridgehead atoms. The summed E-state index contributed by atoms with van der Waals surface area (Å²) in [4.78, 5) is 10.2. The van der Waals surface area contributed by atoms with Gasteiger partial charge in [-0.05, 0) is 67.7 Å². The second-order valence-electron chi connectivity index (χ2n) is 11.0. The van der Waals surface area contributed by atoms with Crippen LogP contribution in [0.4, 0.5) is 0 Å². The van der Waals surface area contributed by atoms with E-state index in [1.54, 1.807) is 0 Å². The summed E-state index contributed by atoms with van der Waals surface area (Å²) in [5.41, 5.74) is 7.39. The van der Waals surface area contributed by atoms with Crippen LogP contribution in [-0.4, -0.2) is 9.97 Å². The van der Waals surface area contributed by atoms with Crippen molar-refractivity contribution in [3.63, 3.8) is 0 Å². The summed E-state index contributed by atoms with van der Waals surface area (Å²) in [5, 5.41) is 8.62. The van der Waals surface area contributed by atoms with Crippen LogP contribution in [0, 0.1) is 0 Å². The Morgan fingerprint density at radius 3 is 1.67 bits per heavy atom. The molecule has 0 saturated carbocycles. The monoisotopic (exact) mass is 548 g/mol. The molecule has 7 aromatic carbocycles. The van der Waals surface area contributed by atoms with Crippen LogP contribution in [0.2, 0.25) is 0 Å². The van der Waals surface area contributed by atoms with Crippen molar-refractivity contribution in [2.75, 3.05) is 0 Å². The summed E-state index contributed by atoms with van der Waals surface area (Å²) in [6.07, 6.45) is 0. The highest BCUT2D eigenvalue weighted by atomic mass is 16.3. The molecular formula is C40H24N2O. The molecule has 0 unspecified atom stereocenters. The number of nitrogens with zero attached hydrogens (tertiary/aromatic N) is 2. The van der Waals surface area contributed by atoms with Gasteiger partial charge in [0.05, 0.1) is 0 Å². The molecule has 3 nitrogen and oxygen atoms in total. The summed E-state index contributed by atoms with van der Waals surface area (Å²) in [7, 11) is 0. The zero-order chi connectivity index (χ0) is 28.3. The van der Waals surface area contributed by atoms with Crippen LogP contribution in [0.25, 0.3) is 88.2 Å². The van der Waals surface area contributed by atoms with Crippen molar-refractivity contribution in [3.8, 4) is 33.8 Å². The molecule has 9 aromatic rings. The standard InChI is InChI=1S/C40H24N2O/c1-2-11-25(12-3-1)37-39-38(34-19-8-9-20-36(34)43-39)42-40(41-37)28-14-10-13-26(23-28)27-21-22-33-31-17-5-4-15-29(31)30-16-6-7-18-32(30)35(33)24-27/h1-24H. The van der Waals surface area contributed by atoms with Gasteiger partial charge in [-0.15, -0.1) is 0 Å². The summed E-state index contributed by atoms with van der Waals surface area (Å²) in [6.45, 7) is 0. The molecule has 3 heteroatoms. The third-order valence-corrected chi connectivity index (χ3v) is 8.47. The van der Waals surface area contributed by atoms with Crippen molar-refractivity contribution >= 4 is 54.4 Å². The minimum Gasteiger partial charge on any atom is -0.452 e. The molecular weight excluding hydrogens is 524 g/mol. The Morgan fingerprint density at radius 1 is 0.372 bits per heavy atom. The molecule has 0 radical (unpaired) electrons. The highest BCUT2D eigenvalue weighted by Gasteiger charge is 2.18. The fourth-order valence-corrected chi connectivity index (χ4v) is 6.44. The van der Waals surface area contributed by atoms with Crippen molar-refractivity contribution in [2.45, 2.75) is 0 Å². The van der Waals surface area contributed by atoms with Crippen molar-refractivity contribution in [3.05, 3.63) is 146 Å². The minimum atomic E-state index is 0.678. The van der Waals surface area contributed by atoms with Crippen LogP contribution in [0.15, 0.2) is 150 Å². The smallest absolute Gasteiger partial charge is 0.180 e. The topological polar surface area (TPSA) is 38.9 Å². The average molecular weight is 549 g/mol. The zero-order valence-electron chi connectivity index (χ0n) is 23.2. The van der Waals surface area contributed by atoms with Gasteiger partial charge in [0.15, 0.2) is 11.4 Å². The molecule has 0 saturated heterocycles. The number of hydrogen-bond acceptors (Lipinski definition) is 3. The summed E-state index contributed by atoms with van der Waals surface area (Å²) in [6, 6.07) is 51.0. The van der Waals surface area contributed by atoms with Crippen molar-refractivity contribution in [2.24, 2.45) is 0 Å². The molecule has 2 aromatic heterocycles. The van der Waals surface area contributed by atoms with E-state index in [0.29, 0.717) is 11.4 Å². The van der Waals surface area contributed by atoms with Gasteiger partial charge in [0.2, 0.25) is 0 Å². The van der Waals surface area contributed by atoms with E-state index in [1.165, 1.54) is 32.3 Å². The van der Waals surface area contributed by atoms with Crippen LogP contribution in [0.1, 0.15) is 0 Å². The van der Waals surface area contributed by atoms with Crippen LogP contribution in [0.5, 0.6) is 0 Å². The lowest BCUT2D eigenvalue weighted by atomic mass is 9.92. The van der Waals surface area contributed by atoms with E-state index in [2.05, 4.69) is 109 Å². The summed E-state index contributed by atoms with van der Waals surface area (Å²) < 4.78 is 6.30. The van der Waals surface area contributed by atoms with E-state index in [9.17, 15) is 0 Å². The fourth-order valence-electron chi connectivity index (χ4n) is 6.44. The second kappa shape index (κ2) is 9.37. The van der Waals surface area contributed by atoms with Gasteiger partial charge in [-0.25, -0.2) is 9.97 Å². The molecule has 2 heterocycles. The van der Waals surface area contributed by atoms with Gasteiger partial charge in [0, 0.05) is 16.5 Å². The molecule has 0 atom stereocenters. The van der Waals surface area contributed by atoms with E-state index >= 15 is 0 Å². The van der Waals surface area contributed by atoms with Gasteiger partial charge < -0.3 is 4.42 Å². The highest BCUT2D eigenvalue weighted by Crippen LogP contribution is 2.39. The first-order valence-corrected chi connectivity index (χ1v) is 14.5. The largest absolute Gasteiger partial charge is 0.452 e. The van der Waals surface area contributed by atoms with Gasteiger partial charge in [-0.3, -0.25) is 0 Å². The third-order valence-electron chi connectivity index (χ3n) is 8.47. The maximum Gasteiger partial charge on any atom is 0.180 e. The van der Waals surface area contributed by atoms with Gasteiger partial charge in [-0.2, -0.15) is 0 Å². The number of rotatable bonds is 3. The van der Waals surface area contributed by atoms with Gasteiger partial charge in [0.1, 0.15) is 16.8 Å². The van der Waals surface area contributed by atoms with E-state index in [1.807, 2.05) is 36.4 Å². The van der Waals surface area contributed by atoms with E-state index in [0.717, 1.165) is 44.4 Å². The van der Waals surface area contributed by atoms with Crippen molar-refractivity contribution in [1.29, 1.82) is 0 Å². The first kappa shape index (κ1) is 23.9. The molecule has 0 aliphatic rings. The summed E-state index contributed by atoms with van der Waals surface area (Å²) >= 11 is 0. The number of aromatic nitrogens is 2. The van der Waals surface area contributed by atoms with E-state index in [4.69, 9.17) is 14.4 Å². The zero-order valence-corrected chi connectivity index (χ0v) is 23.2. The maximum absolute atomic E-state index is 6.30. The van der Waals surface area contributed by atoms with Gasteiger partial charge in [-0.1, -0.05) is 121 Å². The van der Waals surface area contributed by atoms with Crippen molar-refractivity contribution < 1.29 is 4.42 Å². The second-order valence-corrected chi connectivity index (χ2v) is 11.0. The van der Waals surface area contributed by atoms with Crippen LogP contribution < -0.4 is 0 Å². The Balaban J connectivity index is 1.25. The van der Waals surface area contributed by atoms with Crippen molar-refractivity contribution in [1.82, 2.24) is 9.97 Å². The van der Waals surface area contributed by atoms with Gasteiger partial charge >= 0.3 is 0 Å². The number of furan rings is 1. The fraction of sp³-hybridized carbons (Fsp3) is 0. The molecule has 200 valence electrons. The molecule has 0 fully saturated rings. The predicted octanol–water partition coefficient (Wildman–Crippen LogP) is 10.8. The van der Waals surface area contributed by atoms with Crippen LogP contribution in [0.3, 0.4) is 0 Å². The molecule has 0 N–H and O–H groups in total. The van der Waals surface area contributed by atoms with Crippen LogP contribution in [-0.2, 0) is 0 Å². The Labute approximate surface area is 247 Å². The van der Waals surface area contributed by atoms with Crippen LogP contribution >= 0.6 is 0 Å². The lowest BCUT2D eigenvalue weighted by Gasteiger charge is -2.12. The lowest BCUT2D eigenvalue weighted by Crippen LogP contribution is -1.94. The van der Waals surface area contributed by atoms with Gasteiger partial charge in [0.25, 0.3) is 0 Å². The van der Waals surface area contributed by atoms with E-state index < -0.39 is 0 Å². The lowest BCUT2D eigenvalue weighted by molar-refractivity contribution is 0.667. The first-order valence-electron chi connectivity index (χ1n) is 14.5. The Kier molecular flexibility index (Phi) is 5.20. The molecule has 9 rings (SSSR count). The normalized spacial score (nSPS) is 11.7. The number of benzene rings is 7. The number of hydrogen-bond donors (Lipinski definition) is 0. The quantitative estimate of drug-likeness (QED) is 0.206. The number of para-hydroxylation sites is 1. The van der Waals surface area contributed by atoms with E-state index in [-0.39, 0.29) is 0 Å². The SMILES string of the molecule is c1ccc(-c2nc(-c3cccc(-c4ccc5c6ccccc6c6ccccc6c5c4)c3)nc3c2oc2ccccc23)cc1. The Morgan fingerprint density at radius 2 is 0.930 bits per heavy atom. The third kappa shape index (κ3) is 3.75. The first-order chi connectivity index (χ1) is 21.3.